The molecule has 1 aliphatic rings. The van der Waals surface area contributed by atoms with Crippen LogP contribution >= 0.6 is 0 Å². The monoisotopic (exact) mass is 241 g/mol. The van der Waals surface area contributed by atoms with Crippen molar-refractivity contribution in [3.63, 3.8) is 0 Å². The quantitative estimate of drug-likeness (QED) is 0.518. The van der Waals surface area contributed by atoms with E-state index in [-0.39, 0.29) is 0 Å². The molecule has 17 heavy (non-hydrogen) atoms. The first-order valence-corrected chi connectivity index (χ1v) is 7.66. The van der Waals surface area contributed by atoms with Gasteiger partial charge in [-0.05, 0) is 50.6 Å². The molecule has 102 valence electrons. The van der Waals surface area contributed by atoms with Crippen molar-refractivity contribution >= 4 is 0 Å². The van der Waals surface area contributed by atoms with Crippen molar-refractivity contribution in [2.45, 2.75) is 58.8 Å². The Morgan fingerprint density at radius 1 is 1.00 bits per heavy atom. The van der Waals surface area contributed by atoms with E-state index in [2.05, 4.69) is 19.2 Å². The van der Waals surface area contributed by atoms with Crippen molar-refractivity contribution in [1.29, 1.82) is 0 Å². The third-order valence-corrected chi connectivity index (χ3v) is 3.83. The van der Waals surface area contributed by atoms with Crippen molar-refractivity contribution in [2.75, 3.05) is 26.3 Å². The molecule has 1 saturated carbocycles. The Balaban J connectivity index is 2.30. The van der Waals surface area contributed by atoms with Gasteiger partial charge in [0.25, 0.3) is 0 Å². The average Bonchev–Trinajstić information content (AvgIpc) is 2.56. The summed E-state index contributed by atoms with van der Waals surface area (Å²) in [5.74, 6) is 1.65. The molecule has 0 heterocycles. The van der Waals surface area contributed by atoms with Crippen LogP contribution in [0.1, 0.15) is 58.8 Å². The first-order valence-electron chi connectivity index (χ1n) is 7.66. The normalized spacial score (nSPS) is 25.8. The van der Waals surface area contributed by atoms with Crippen LogP contribution in [0, 0.1) is 11.8 Å². The minimum Gasteiger partial charge on any atom is -0.381 e. The summed E-state index contributed by atoms with van der Waals surface area (Å²) >= 11 is 0. The van der Waals surface area contributed by atoms with Gasteiger partial charge in [0, 0.05) is 13.2 Å². The Labute approximate surface area is 108 Å². The minimum absolute atomic E-state index is 0.799. The van der Waals surface area contributed by atoms with Crippen molar-refractivity contribution in [1.82, 2.24) is 5.32 Å². The lowest BCUT2D eigenvalue weighted by Gasteiger charge is -2.25. The van der Waals surface area contributed by atoms with Gasteiger partial charge in [0.05, 0.1) is 0 Å². The van der Waals surface area contributed by atoms with E-state index in [1.165, 1.54) is 51.6 Å². The number of rotatable bonds is 8. The molecular formula is C15H31NO. The predicted molar refractivity (Wildman–Crippen MR) is 74.3 cm³/mol. The van der Waals surface area contributed by atoms with Gasteiger partial charge in [0.15, 0.2) is 0 Å². The van der Waals surface area contributed by atoms with Crippen LogP contribution in [0.25, 0.3) is 0 Å². The van der Waals surface area contributed by atoms with E-state index in [0.717, 1.165) is 31.5 Å². The first kappa shape index (κ1) is 15.0. The zero-order chi connectivity index (χ0) is 12.3. The summed E-state index contributed by atoms with van der Waals surface area (Å²) in [5, 5.41) is 3.60. The van der Waals surface area contributed by atoms with Gasteiger partial charge in [-0.25, -0.2) is 0 Å². The molecule has 0 aromatic heterocycles. The molecule has 0 aromatic rings. The fourth-order valence-corrected chi connectivity index (χ4v) is 2.79. The second-order valence-electron chi connectivity index (χ2n) is 5.44. The molecule has 2 unspecified atom stereocenters. The third-order valence-electron chi connectivity index (χ3n) is 3.83. The number of hydrogen-bond donors (Lipinski definition) is 1. The maximum atomic E-state index is 5.79. The molecule has 2 nitrogen and oxygen atoms in total. The number of ether oxygens (including phenoxy) is 1. The maximum absolute atomic E-state index is 5.79. The minimum atomic E-state index is 0.799. The first-order chi connectivity index (χ1) is 8.38. The fraction of sp³-hybridized carbons (Fsp3) is 1.00. The van der Waals surface area contributed by atoms with Gasteiger partial charge in [-0.15, -0.1) is 0 Å². The predicted octanol–water partition coefficient (Wildman–Crippen LogP) is 3.61. The Hall–Kier alpha value is -0.0800. The van der Waals surface area contributed by atoms with Crippen LogP contribution in [0.15, 0.2) is 0 Å². The number of nitrogens with one attached hydrogen (secondary N) is 1. The van der Waals surface area contributed by atoms with Gasteiger partial charge >= 0.3 is 0 Å². The van der Waals surface area contributed by atoms with Crippen LogP contribution in [-0.2, 0) is 4.74 Å². The van der Waals surface area contributed by atoms with Gasteiger partial charge in [-0.3, -0.25) is 0 Å². The van der Waals surface area contributed by atoms with Crippen LogP contribution in [-0.4, -0.2) is 26.3 Å². The summed E-state index contributed by atoms with van der Waals surface area (Å²) in [6, 6.07) is 0. The second-order valence-corrected chi connectivity index (χ2v) is 5.44. The molecule has 1 fully saturated rings. The smallest absolute Gasteiger partial charge is 0.0497 e. The van der Waals surface area contributed by atoms with Gasteiger partial charge < -0.3 is 10.1 Å². The average molecular weight is 241 g/mol. The van der Waals surface area contributed by atoms with E-state index in [1.807, 2.05) is 0 Å². The van der Waals surface area contributed by atoms with Crippen molar-refractivity contribution < 1.29 is 4.74 Å². The van der Waals surface area contributed by atoms with Crippen LogP contribution < -0.4 is 5.32 Å². The maximum Gasteiger partial charge on any atom is 0.0497 e. The second kappa shape index (κ2) is 9.90. The Morgan fingerprint density at radius 3 is 2.47 bits per heavy atom. The van der Waals surface area contributed by atoms with Crippen molar-refractivity contribution in [3.05, 3.63) is 0 Å². The summed E-state index contributed by atoms with van der Waals surface area (Å²) in [5.41, 5.74) is 0. The molecule has 1 rings (SSSR count). The van der Waals surface area contributed by atoms with E-state index in [0.29, 0.717) is 0 Å². The lowest BCUT2D eigenvalue weighted by molar-refractivity contribution is 0.0735. The van der Waals surface area contributed by atoms with Gasteiger partial charge in [-0.2, -0.15) is 0 Å². The van der Waals surface area contributed by atoms with Gasteiger partial charge in [0.2, 0.25) is 0 Å². The zero-order valence-corrected chi connectivity index (χ0v) is 11.8. The molecule has 1 aliphatic carbocycles. The highest BCUT2D eigenvalue weighted by molar-refractivity contribution is 4.75. The number of hydrogen-bond acceptors (Lipinski definition) is 2. The third kappa shape index (κ3) is 6.42. The fourth-order valence-electron chi connectivity index (χ4n) is 2.79. The Bertz CT molecular complexity index is 154. The summed E-state index contributed by atoms with van der Waals surface area (Å²) in [4.78, 5) is 0. The lowest BCUT2D eigenvalue weighted by Crippen LogP contribution is -2.30. The summed E-state index contributed by atoms with van der Waals surface area (Å²) in [6.45, 7) is 8.72. The van der Waals surface area contributed by atoms with E-state index in [9.17, 15) is 0 Å². The van der Waals surface area contributed by atoms with Crippen LogP contribution in [0.5, 0.6) is 0 Å². The zero-order valence-electron chi connectivity index (χ0n) is 11.8. The molecule has 2 atom stereocenters. The Morgan fingerprint density at radius 2 is 1.76 bits per heavy atom. The molecule has 0 aromatic carbocycles. The molecule has 0 bridgehead atoms. The summed E-state index contributed by atoms with van der Waals surface area (Å²) < 4.78 is 5.79. The van der Waals surface area contributed by atoms with Gasteiger partial charge in [0.1, 0.15) is 0 Å². The topological polar surface area (TPSA) is 21.3 Å². The molecular weight excluding hydrogens is 210 g/mol. The molecule has 0 spiro atoms. The van der Waals surface area contributed by atoms with E-state index in [1.54, 1.807) is 0 Å². The molecule has 0 radical (unpaired) electrons. The van der Waals surface area contributed by atoms with Gasteiger partial charge in [-0.1, -0.05) is 33.1 Å². The van der Waals surface area contributed by atoms with E-state index < -0.39 is 0 Å². The highest BCUT2D eigenvalue weighted by Gasteiger charge is 2.23. The standard InChI is InChI=1S/C15H31NO/c1-3-10-16-12-14-8-6-5-7-9-15(14)13-17-11-4-2/h14-16H,3-13H2,1-2H3. The SMILES string of the molecule is CCCNCC1CCCCCC1COCCC. The summed E-state index contributed by atoms with van der Waals surface area (Å²) in [6.07, 6.45) is 9.41. The Kier molecular flexibility index (Phi) is 8.72. The van der Waals surface area contributed by atoms with Crippen LogP contribution in [0.4, 0.5) is 0 Å². The molecule has 0 saturated heterocycles. The van der Waals surface area contributed by atoms with E-state index >= 15 is 0 Å². The van der Waals surface area contributed by atoms with Crippen molar-refractivity contribution in [3.8, 4) is 0 Å². The molecule has 0 amide bonds. The molecule has 1 N–H and O–H groups in total. The molecule has 0 aliphatic heterocycles. The highest BCUT2D eigenvalue weighted by Crippen LogP contribution is 2.28. The van der Waals surface area contributed by atoms with Crippen LogP contribution in [0.2, 0.25) is 0 Å². The van der Waals surface area contributed by atoms with Crippen LogP contribution in [0.3, 0.4) is 0 Å². The highest BCUT2D eigenvalue weighted by atomic mass is 16.5. The summed E-state index contributed by atoms with van der Waals surface area (Å²) in [7, 11) is 0. The largest absolute Gasteiger partial charge is 0.381 e. The van der Waals surface area contributed by atoms with Crippen molar-refractivity contribution in [2.24, 2.45) is 11.8 Å². The lowest BCUT2D eigenvalue weighted by atomic mass is 9.88. The molecule has 2 heteroatoms. The van der Waals surface area contributed by atoms with E-state index in [4.69, 9.17) is 4.74 Å².